The van der Waals surface area contributed by atoms with Crippen LogP contribution in [0.1, 0.15) is 6.92 Å². The zero-order valence-corrected chi connectivity index (χ0v) is 10.6. The lowest BCUT2D eigenvalue weighted by Gasteiger charge is -2.16. The molecular formula is C13H17NO4. The number of carbonyl (C=O) groups excluding carboxylic acids is 2. The number of methoxy groups -OCH3 is 1. The van der Waals surface area contributed by atoms with Gasteiger partial charge in [0.05, 0.1) is 19.4 Å². The van der Waals surface area contributed by atoms with E-state index in [9.17, 15) is 9.59 Å². The first kappa shape index (κ1) is 14.2. The van der Waals surface area contributed by atoms with Crippen molar-refractivity contribution in [2.45, 2.75) is 6.92 Å². The van der Waals surface area contributed by atoms with E-state index in [1.807, 2.05) is 12.2 Å². The van der Waals surface area contributed by atoms with Crippen molar-refractivity contribution in [3.8, 4) is 0 Å². The molecule has 2 amide bonds. The van der Waals surface area contributed by atoms with E-state index in [1.165, 1.54) is 20.1 Å². The Hall–Kier alpha value is -1.88. The molecule has 5 nitrogen and oxygen atoms in total. The molecule has 0 aromatic heterocycles. The van der Waals surface area contributed by atoms with E-state index in [4.69, 9.17) is 9.47 Å². The van der Waals surface area contributed by atoms with Crippen molar-refractivity contribution in [2.75, 3.05) is 26.9 Å². The summed E-state index contributed by atoms with van der Waals surface area (Å²) < 4.78 is 9.93. The van der Waals surface area contributed by atoms with Crippen molar-refractivity contribution < 1.29 is 19.1 Å². The van der Waals surface area contributed by atoms with Crippen molar-refractivity contribution in [1.29, 1.82) is 0 Å². The van der Waals surface area contributed by atoms with Gasteiger partial charge in [-0.25, -0.2) is 0 Å². The summed E-state index contributed by atoms with van der Waals surface area (Å²) in [6, 6.07) is 0. The summed E-state index contributed by atoms with van der Waals surface area (Å²) >= 11 is 0. The first-order chi connectivity index (χ1) is 8.65. The fourth-order valence-corrected chi connectivity index (χ4v) is 1.38. The fraction of sp³-hybridized carbons (Fsp3) is 0.385. The highest BCUT2D eigenvalue weighted by Gasteiger charge is 2.14. The van der Waals surface area contributed by atoms with Crippen LogP contribution in [0.25, 0.3) is 0 Å². The first-order valence-corrected chi connectivity index (χ1v) is 5.62. The molecule has 0 fully saturated rings. The maximum Gasteiger partial charge on any atom is 0.253 e. The maximum absolute atomic E-state index is 11.8. The Morgan fingerprint density at radius 2 is 2.33 bits per heavy atom. The van der Waals surface area contributed by atoms with Crippen LogP contribution in [-0.4, -0.2) is 43.6 Å². The number of nitrogens with zero attached hydrogens (tertiary/aromatic N) is 1. The number of amides is 2. The zero-order chi connectivity index (χ0) is 13.4. The largest absolute Gasteiger partial charge is 0.497 e. The molecule has 1 aliphatic heterocycles. The average molecular weight is 251 g/mol. The number of hydrogen-bond acceptors (Lipinski definition) is 4. The van der Waals surface area contributed by atoms with Gasteiger partial charge in [-0.05, 0) is 12.2 Å². The highest BCUT2D eigenvalue weighted by Crippen LogP contribution is 2.05. The number of hydrogen-bond donors (Lipinski definition) is 0. The number of carbonyl (C=O) groups is 2. The topological polar surface area (TPSA) is 55.8 Å². The molecule has 0 atom stereocenters. The monoisotopic (exact) mass is 251 g/mol. The lowest BCUT2D eigenvalue weighted by molar-refractivity contribution is -0.141. The van der Waals surface area contributed by atoms with Gasteiger partial charge in [0.25, 0.3) is 5.91 Å². The SMILES string of the molecule is COCCN(C(C)=O)C(=O)/C=C/C1=COCC=C1. The summed E-state index contributed by atoms with van der Waals surface area (Å²) in [4.78, 5) is 24.2. The summed E-state index contributed by atoms with van der Waals surface area (Å²) in [5, 5.41) is 0. The van der Waals surface area contributed by atoms with Crippen LogP contribution < -0.4 is 0 Å². The van der Waals surface area contributed by atoms with Crippen LogP contribution in [0.4, 0.5) is 0 Å². The van der Waals surface area contributed by atoms with E-state index in [0.717, 1.165) is 10.5 Å². The van der Waals surface area contributed by atoms with Gasteiger partial charge in [-0.2, -0.15) is 0 Å². The Kier molecular flexibility index (Phi) is 5.87. The number of allylic oxidation sites excluding steroid dienone is 3. The Balaban J connectivity index is 2.60. The number of imide groups is 1. The van der Waals surface area contributed by atoms with Gasteiger partial charge in [0.15, 0.2) is 0 Å². The molecule has 0 aromatic rings. The second-order valence-corrected chi connectivity index (χ2v) is 3.69. The maximum atomic E-state index is 11.8. The molecule has 1 aliphatic rings. The van der Waals surface area contributed by atoms with E-state index in [-0.39, 0.29) is 18.4 Å². The molecule has 1 heterocycles. The van der Waals surface area contributed by atoms with E-state index in [0.29, 0.717) is 13.2 Å². The Morgan fingerprint density at radius 3 is 2.89 bits per heavy atom. The lowest BCUT2D eigenvalue weighted by Crippen LogP contribution is -2.36. The van der Waals surface area contributed by atoms with Gasteiger partial charge >= 0.3 is 0 Å². The van der Waals surface area contributed by atoms with Crippen molar-refractivity contribution in [2.24, 2.45) is 0 Å². The van der Waals surface area contributed by atoms with Crippen molar-refractivity contribution in [3.63, 3.8) is 0 Å². The van der Waals surface area contributed by atoms with Gasteiger partial charge in [0.1, 0.15) is 6.61 Å². The second kappa shape index (κ2) is 7.45. The molecule has 0 aliphatic carbocycles. The van der Waals surface area contributed by atoms with Gasteiger partial charge in [0.2, 0.25) is 5.91 Å². The first-order valence-electron chi connectivity index (χ1n) is 5.62. The fourth-order valence-electron chi connectivity index (χ4n) is 1.38. The van der Waals surface area contributed by atoms with Gasteiger partial charge in [-0.3, -0.25) is 14.5 Å². The average Bonchev–Trinajstić information content (AvgIpc) is 2.37. The molecule has 0 bridgehead atoms. The molecule has 98 valence electrons. The molecular weight excluding hydrogens is 234 g/mol. The highest BCUT2D eigenvalue weighted by atomic mass is 16.5. The second-order valence-electron chi connectivity index (χ2n) is 3.69. The third kappa shape index (κ3) is 4.55. The van der Waals surface area contributed by atoms with Crippen LogP contribution in [0.5, 0.6) is 0 Å². The number of ether oxygens (including phenoxy) is 2. The Labute approximate surface area is 106 Å². The predicted molar refractivity (Wildman–Crippen MR) is 66.6 cm³/mol. The van der Waals surface area contributed by atoms with Crippen molar-refractivity contribution in [1.82, 2.24) is 4.90 Å². The van der Waals surface area contributed by atoms with E-state index < -0.39 is 0 Å². The predicted octanol–water partition coefficient (Wildman–Crippen LogP) is 1.03. The summed E-state index contributed by atoms with van der Waals surface area (Å²) in [5.41, 5.74) is 0.782. The smallest absolute Gasteiger partial charge is 0.253 e. The van der Waals surface area contributed by atoms with Crippen molar-refractivity contribution in [3.05, 3.63) is 36.1 Å². The van der Waals surface area contributed by atoms with Crippen LogP contribution in [0.2, 0.25) is 0 Å². The van der Waals surface area contributed by atoms with Crippen LogP contribution in [0.15, 0.2) is 36.1 Å². The van der Waals surface area contributed by atoms with E-state index in [2.05, 4.69) is 0 Å². The molecule has 0 unspecified atom stereocenters. The van der Waals surface area contributed by atoms with E-state index in [1.54, 1.807) is 12.3 Å². The molecule has 18 heavy (non-hydrogen) atoms. The molecule has 0 saturated heterocycles. The quantitative estimate of drug-likeness (QED) is 0.685. The van der Waals surface area contributed by atoms with Gasteiger partial charge < -0.3 is 9.47 Å². The third-order valence-corrected chi connectivity index (χ3v) is 2.31. The molecule has 1 rings (SSSR count). The lowest BCUT2D eigenvalue weighted by atomic mass is 10.2. The molecule has 0 radical (unpaired) electrons. The van der Waals surface area contributed by atoms with Gasteiger partial charge in [-0.15, -0.1) is 0 Å². The van der Waals surface area contributed by atoms with Crippen LogP contribution in [-0.2, 0) is 19.1 Å². The molecule has 0 N–H and O–H groups in total. The molecule has 5 heteroatoms. The minimum atomic E-state index is -0.362. The summed E-state index contributed by atoms with van der Waals surface area (Å²) in [7, 11) is 1.52. The van der Waals surface area contributed by atoms with Gasteiger partial charge in [-0.1, -0.05) is 6.08 Å². The molecule has 0 aromatic carbocycles. The Morgan fingerprint density at radius 1 is 1.56 bits per heavy atom. The summed E-state index contributed by atoms with van der Waals surface area (Å²) in [6.07, 6.45) is 8.22. The van der Waals surface area contributed by atoms with Crippen LogP contribution in [0, 0.1) is 0 Å². The van der Waals surface area contributed by atoms with Crippen molar-refractivity contribution >= 4 is 11.8 Å². The third-order valence-electron chi connectivity index (χ3n) is 2.31. The molecule has 0 spiro atoms. The minimum Gasteiger partial charge on any atom is -0.497 e. The normalized spacial score (nSPS) is 14.2. The minimum absolute atomic E-state index is 0.250. The summed E-state index contributed by atoms with van der Waals surface area (Å²) in [6.45, 7) is 2.47. The van der Waals surface area contributed by atoms with Crippen LogP contribution >= 0.6 is 0 Å². The number of rotatable bonds is 5. The zero-order valence-electron chi connectivity index (χ0n) is 10.6. The molecule has 0 saturated carbocycles. The Bertz CT molecular complexity index is 396. The van der Waals surface area contributed by atoms with Crippen LogP contribution in [0.3, 0.4) is 0 Å². The van der Waals surface area contributed by atoms with Gasteiger partial charge in [0, 0.05) is 25.7 Å². The standard InChI is InChI=1S/C13H17NO4/c1-11(15)14(7-9-17-2)13(16)6-5-12-4-3-8-18-10-12/h3-6,10H,7-9H2,1-2H3/b6-5+. The van der Waals surface area contributed by atoms with E-state index >= 15 is 0 Å². The highest BCUT2D eigenvalue weighted by molar-refractivity contribution is 6.00. The summed E-state index contributed by atoms with van der Waals surface area (Å²) in [5.74, 6) is -0.662.